The minimum atomic E-state index is -0.999. The minimum Gasteiger partial charge on any atom is -0.457 e. The molecule has 1 heterocycles. The lowest BCUT2D eigenvalue weighted by atomic mass is 10.1. The maximum absolute atomic E-state index is 11.9. The van der Waals surface area contributed by atoms with Gasteiger partial charge in [0, 0.05) is 5.56 Å². The number of furan rings is 1. The van der Waals surface area contributed by atoms with Crippen LogP contribution in [-0.2, 0) is 9.53 Å². The van der Waals surface area contributed by atoms with Crippen LogP contribution in [0.4, 0.5) is 0 Å². The number of benzene rings is 1. The molecule has 0 aliphatic heterocycles. The Kier molecular flexibility index (Phi) is 3.66. The van der Waals surface area contributed by atoms with Crippen molar-refractivity contribution < 1.29 is 18.7 Å². The van der Waals surface area contributed by atoms with Crippen molar-refractivity contribution >= 4 is 11.9 Å². The number of primary amides is 1. The standard InChI is InChI=1S/C14H13NO4/c1-9(13(15)16)19-14(17)12-11(7-8-18-12)10-5-3-2-4-6-10/h2-9H,1H3,(H2,15,16). The molecule has 1 amide bonds. The summed E-state index contributed by atoms with van der Waals surface area (Å²) in [5.41, 5.74) is 6.48. The molecule has 5 heteroatoms. The normalized spacial score (nSPS) is 11.8. The first-order valence-electron chi connectivity index (χ1n) is 5.73. The van der Waals surface area contributed by atoms with Crippen LogP contribution in [-0.4, -0.2) is 18.0 Å². The second-order valence-corrected chi connectivity index (χ2v) is 3.98. The molecule has 1 atom stereocenters. The maximum Gasteiger partial charge on any atom is 0.375 e. The molecule has 2 aromatic rings. The minimum absolute atomic E-state index is 0.0549. The van der Waals surface area contributed by atoms with Gasteiger partial charge < -0.3 is 14.9 Å². The van der Waals surface area contributed by atoms with E-state index in [1.807, 2.05) is 30.3 Å². The number of nitrogens with two attached hydrogens (primary N) is 1. The van der Waals surface area contributed by atoms with E-state index in [4.69, 9.17) is 14.9 Å². The van der Waals surface area contributed by atoms with Crippen molar-refractivity contribution in [3.8, 4) is 11.1 Å². The molecule has 98 valence electrons. The first-order valence-corrected chi connectivity index (χ1v) is 5.73. The third kappa shape index (κ3) is 2.82. The Labute approximate surface area is 110 Å². The molecule has 0 aliphatic carbocycles. The van der Waals surface area contributed by atoms with Gasteiger partial charge in [-0.05, 0) is 18.6 Å². The topological polar surface area (TPSA) is 82.5 Å². The monoisotopic (exact) mass is 259 g/mol. The van der Waals surface area contributed by atoms with Crippen molar-refractivity contribution in [2.75, 3.05) is 0 Å². The van der Waals surface area contributed by atoms with Crippen LogP contribution >= 0.6 is 0 Å². The zero-order valence-electron chi connectivity index (χ0n) is 10.3. The third-order valence-corrected chi connectivity index (χ3v) is 2.62. The summed E-state index contributed by atoms with van der Waals surface area (Å²) in [6.45, 7) is 1.41. The Morgan fingerprint density at radius 2 is 1.89 bits per heavy atom. The highest BCUT2D eigenvalue weighted by Gasteiger charge is 2.22. The van der Waals surface area contributed by atoms with Crippen molar-refractivity contribution in [3.05, 3.63) is 48.4 Å². The summed E-state index contributed by atoms with van der Waals surface area (Å²) in [5.74, 6) is -1.37. The Hall–Kier alpha value is -2.56. The van der Waals surface area contributed by atoms with E-state index >= 15 is 0 Å². The van der Waals surface area contributed by atoms with Gasteiger partial charge in [-0.3, -0.25) is 4.79 Å². The number of esters is 1. The van der Waals surface area contributed by atoms with E-state index < -0.39 is 18.0 Å². The Balaban J connectivity index is 2.25. The van der Waals surface area contributed by atoms with Crippen LogP contribution in [0.2, 0.25) is 0 Å². The summed E-state index contributed by atoms with van der Waals surface area (Å²) < 4.78 is 10.0. The van der Waals surface area contributed by atoms with Gasteiger partial charge >= 0.3 is 5.97 Å². The zero-order chi connectivity index (χ0) is 13.8. The van der Waals surface area contributed by atoms with Gasteiger partial charge in [-0.1, -0.05) is 30.3 Å². The first-order chi connectivity index (χ1) is 9.09. The number of hydrogen-bond acceptors (Lipinski definition) is 4. The van der Waals surface area contributed by atoms with E-state index in [1.165, 1.54) is 13.2 Å². The van der Waals surface area contributed by atoms with E-state index in [0.717, 1.165) is 5.56 Å². The van der Waals surface area contributed by atoms with Gasteiger partial charge in [0.15, 0.2) is 6.10 Å². The number of hydrogen-bond donors (Lipinski definition) is 1. The summed E-state index contributed by atoms with van der Waals surface area (Å²) in [6, 6.07) is 10.9. The van der Waals surface area contributed by atoms with Gasteiger partial charge in [-0.25, -0.2) is 4.79 Å². The quantitative estimate of drug-likeness (QED) is 0.851. The number of ether oxygens (including phenoxy) is 1. The fourth-order valence-electron chi connectivity index (χ4n) is 1.58. The van der Waals surface area contributed by atoms with Crippen molar-refractivity contribution in [3.63, 3.8) is 0 Å². The van der Waals surface area contributed by atoms with Crippen LogP contribution in [0.3, 0.4) is 0 Å². The molecule has 1 aromatic carbocycles. The lowest BCUT2D eigenvalue weighted by molar-refractivity contribution is -0.125. The van der Waals surface area contributed by atoms with Crippen LogP contribution in [0.25, 0.3) is 11.1 Å². The zero-order valence-corrected chi connectivity index (χ0v) is 10.3. The fraction of sp³-hybridized carbons (Fsp3) is 0.143. The Morgan fingerprint density at radius 1 is 1.21 bits per heavy atom. The van der Waals surface area contributed by atoms with Crippen LogP contribution in [0.5, 0.6) is 0 Å². The lowest BCUT2D eigenvalue weighted by Crippen LogP contribution is -2.30. The fourth-order valence-corrected chi connectivity index (χ4v) is 1.58. The summed E-state index contributed by atoms with van der Waals surface area (Å²) in [4.78, 5) is 22.8. The molecule has 0 saturated heterocycles. The van der Waals surface area contributed by atoms with Gasteiger partial charge in [-0.15, -0.1) is 0 Å². The van der Waals surface area contributed by atoms with Crippen molar-refractivity contribution in [2.45, 2.75) is 13.0 Å². The van der Waals surface area contributed by atoms with Gasteiger partial charge in [0.05, 0.1) is 6.26 Å². The maximum atomic E-state index is 11.9. The van der Waals surface area contributed by atoms with Crippen molar-refractivity contribution in [1.29, 1.82) is 0 Å². The molecule has 0 spiro atoms. The van der Waals surface area contributed by atoms with Gasteiger partial charge in [-0.2, -0.15) is 0 Å². The molecule has 0 fully saturated rings. The molecular formula is C14H13NO4. The Bertz CT molecular complexity index is 589. The summed E-state index contributed by atoms with van der Waals surface area (Å²) in [5, 5.41) is 0. The highest BCUT2D eigenvalue weighted by atomic mass is 16.6. The second-order valence-electron chi connectivity index (χ2n) is 3.98. The number of rotatable bonds is 4. The number of amides is 1. The molecular weight excluding hydrogens is 246 g/mol. The van der Waals surface area contributed by atoms with E-state index in [0.29, 0.717) is 5.56 Å². The molecule has 1 unspecified atom stereocenters. The molecule has 0 bridgehead atoms. The van der Waals surface area contributed by atoms with E-state index in [1.54, 1.807) is 6.07 Å². The average molecular weight is 259 g/mol. The van der Waals surface area contributed by atoms with Crippen LogP contribution < -0.4 is 5.73 Å². The summed E-state index contributed by atoms with van der Waals surface area (Å²) >= 11 is 0. The second kappa shape index (κ2) is 5.39. The molecule has 0 aliphatic rings. The first kappa shape index (κ1) is 12.9. The number of carbonyl (C=O) groups is 2. The van der Waals surface area contributed by atoms with E-state index in [2.05, 4.69) is 0 Å². The third-order valence-electron chi connectivity index (χ3n) is 2.62. The van der Waals surface area contributed by atoms with Crippen molar-refractivity contribution in [2.24, 2.45) is 5.73 Å². The molecule has 0 saturated carbocycles. The molecule has 5 nitrogen and oxygen atoms in total. The average Bonchev–Trinajstić information content (AvgIpc) is 2.88. The van der Waals surface area contributed by atoms with Crippen LogP contribution in [0.1, 0.15) is 17.5 Å². The van der Waals surface area contributed by atoms with Crippen LogP contribution in [0, 0.1) is 0 Å². The molecule has 2 N–H and O–H groups in total. The predicted octanol–water partition coefficient (Wildman–Crippen LogP) is 1.98. The molecule has 1 aromatic heterocycles. The largest absolute Gasteiger partial charge is 0.457 e. The molecule has 2 rings (SSSR count). The van der Waals surface area contributed by atoms with Crippen LogP contribution in [0.15, 0.2) is 47.1 Å². The highest BCUT2D eigenvalue weighted by Crippen LogP contribution is 2.25. The molecule has 0 radical (unpaired) electrons. The predicted molar refractivity (Wildman–Crippen MR) is 68.2 cm³/mol. The molecule has 19 heavy (non-hydrogen) atoms. The van der Waals surface area contributed by atoms with Crippen molar-refractivity contribution in [1.82, 2.24) is 0 Å². The van der Waals surface area contributed by atoms with E-state index in [-0.39, 0.29) is 5.76 Å². The lowest BCUT2D eigenvalue weighted by Gasteiger charge is -2.09. The van der Waals surface area contributed by atoms with E-state index in [9.17, 15) is 9.59 Å². The highest BCUT2D eigenvalue weighted by molar-refractivity contribution is 5.95. The number of carbonyl (C=O) groups excluding carboxylic acids is 2. The van der Waals surface area contributed by atoms with Gasteiger partial charge in [0.1, 0.15) is 0 Å². The SMILES string of the molecule is CC(OC(=O)c1occc1-c1ccccc1)C(N)=O. The smallest absolute Gasteiger partial charge is 0.375 e. The summed E-state index contributed by atoms with van der Waals surface area (Å²) in [6.07, 6.45) is 0.398. The van der Waals surface area contributed by atoms with Gasteiger partial charge in [0.25, 0.3) is 5.91 Å². The summed E-state index contributed by atoms with van der Waals surface area (Å²) in [7, 11) is 0. The van der Waals surface area contributed by atoms with Gasteiger partial charge in [0.2, 0.25) is 5.76 Å². The Morgan fingerprint density at radius 3 is 2.53 bits per heavy atom.